The number of amides is 2. The monoisotopic (exact) mass is 361 g/mol. The van der Waals surface area contributed by atoms with Crippen molar-refractivity contribution in [2.45, 2.75) is 51.0 Å². The van der Waals surface area contributed by atoms with Crippen LogP contribution in [0.25, 0.3) is 0 Å². The molecular weight excluding hydrogens is 334 g/mol. The van der Waals surface area contributed by atoms with Crippen molar-refractivity contribution in [2.24, 2.45) is 0 Å². The molecule has 2 fully saturated rings. The predicted molar refractivity (Wildman–Crippen MR) is 92.2 cm³/mol. The minimum Gasteiger partial charge on any atom is -0.480 e. The summed E-state index contributed by atoms with van der Waals surface area (Å²) in [5.74, 6) is -0.773. The first-order valence-electron chi connectivity index (χ1n) is 8.59. The Morgan fingerprint density at radius 2 is 1.96 bits per heavy atom. The Hall–Kier alpha value is -1.34. The number of hydrogen-bond acceptors (Lipinski definition) is 4. The summed E-state index contributed by atoms with van der Waals surface area (Å²) >= 11 is 0. The van der Waals surface area contributed by atoms with Crippen molar-refractivity contribution < 1.29 is 19.5 Å². The Kier molecular flexibility index (Phi) is 9.07. The third-order valence-electron chi connectivity index (χ3n) is 4.59. The molecule has 2 aliphatic rings. The van der Waals surface area contributed by atoms with Gasteiger partial charge in [0.15, 0.2) is 0 Å². The molecule has 0 aromatic rings. The Morgan fingerprint density at radius 3 is 2.71 bits per heavy atom. The number of hydrogen-bond donors (Lipinski definition) is 2. The highest BCUT2D eigenvalue weighted by atomic mass is 35.5. The highest BCUT2D eigenvalue weighted by Crippen LogP contribution is 2.16. The third-order valence-corrected chi connectivity index (χ3v) is 4.59. The molecule has 1 unspecified atom stereocenters. The number of carboxylic acids is 1. The number of nitrogens with zero attached hydrogens (tertiary/aromatic N) is 2. The van der Waals surface area contributed by atoms with Gasteiger partial charge >= 0.3 is 5.97 Å². The molecule has 0 bridgehead atoms. The largest absolute Gasteiger partial charge is 0.480 e. The molecule has 7 nitrogen and oxygen atoms in total. The zero-order chi connectivity index (χ0) is 16.7. The lowest BCUT2D eigenvalue weighted by Gasteiger charge is -2.21. The van der Waals surface area contributed by atoms with Crippen LogP contribution in [0.4, 0.5) is 0 Å². The number of carboxylic acid groups (broad SMARTS) is 1. The van der Waals surface area contributed by atoms with Crippen molar-refractivity contribution in [1.29, 1.82) is 0 Å². The van der Waals surface area contributed by atoms with E-state index in [1.165, 1.54) is 0 Å². The molecule has 2 N–H and O–H groups in total. The summed E-state index contributed by atoms with van der Waals surface area (Å²) in [5, 5.41) is 11.9. The molecule has 0 aromatic carbocycles. The number of nitrogens with one attached hydrogen (secondary N) is 1. The second kappa shape index (κ2) is 10.5. The summed E-state index contributed by atoms with van der Waals surface area (Å²) < 4.78 is 0. The molecule has 0 aliphatic carbocycles. The highest BCUT2D eigenvalue weighted by molar-refractivity contribution is 5.85. The van der Waals surface area contributed by atoms with Gasteiger partial charge in [-0.1, -0.05) is 6.42 Å². The maximum Gasteiger partial charge on any atom is 0.320 e. The Balaban J connectivity index is 0.00000288. The maximum absolute atomic E-state index is 11.9. The fourth-order valence-electron chi connectivity index (χ4n) is 3.31. The minimum absolute atomic E-state index is 0. The summed E-state index contributed by atoms with van der Waals surface area (Å²) in [5.41, 5.74) is 0. The minimum atomic E-state index is -0.852. The zero-order valence-electron chi connectivity index (χ0n) is 14.0. The number of rotatable bonds is 7. The summed E-state index contributed by atoms with van der Waals surface area (Å²) in [6.07, 6.45) is 5.95. The summed E-state index contributed by atoms with van der Waals surface area (Å²) in [4.78, 5) is 38.4. The van der Waals surface area contributed by atoms with E-state index < -0.39 is 12.0 Å². The summed E-state index contributed by atoms with van der Waals surface area (Å²) in [6, 6.07) is -0.532. The molecule has 0 radical (unpaired) electrons. The molecule has 0 aromatic heterocycles. The SMILES string of the molecule is Cl.O=C(CN1CCCC1C(=O)O)NCCCN1CCCCCC1=O. The van der Waals surface area contributed by atoms with Crippen LogP contribution >= 0.6 is 12.4 Å². The van der Waals surface area contributed by atoms with Gasteiger partial charge < -0.3 is 15.3 Å². The van der Waals surface area contributed by atoms with E-state index in [1.54, 1.807) is 4.90 Å². The van der Waals surface area contributed by atoms with Gasteiger partial charge in [-0.05, 0) is 38.6 Å². The predicted octanol–water partition coefficient (Wildman–Crippen LogP) is 0.866. The van der Waals surface area contributed by atoms with Gasteiger partial charge in [-0.25, -0.2) is 0 Å². The number of carbonyl (C=O) groups excluding carboxylic acids is 2. The van der Waals surface area contributed by atoms with Crippen molar-refractivity contribution >= 4 is 30.2 Å². The van der Waals surface area contributed by atoms with Crippen molar-refractivity contribution in [3.63, 3.8) is 0 Å². The Morgan fingerprint density at radius 1 is 1.17 bits per heavy atom. The van der Waals surface area contributed by atoms with Gasteiger partial charge in [0, 0.05) is 26.1 Å². The van der Waals surface area contributed by atoms with E-state index in [-0.39, 0.29) is 30.8 Å². The van der Waals surface area contributed by atoms with Crippen LogP contribution in [0.5, 0.6) is 0 Å². The smallest absolute Gasteiger partial charge is 0.320 e. The van der Waals surface area contributed by atoms with Gasteiger partial charge in [0.05, 0.1) is 6.54 Å². The van der Waals surface area contributed by atoms with Crippen molar-refractivity contribution in [1.82, 2.24) is 15.1 Å². The van der Waals surface area contributed by atoms with Crippen molar-refractivity contribution in [3.05, 3.63) is 0 Å². The van der Waals surface area contributed by atoms with Crippen LogP contribution in [0.15, 0.2) is 0 Å². The Labute approximate surface area is 149 Å². The van der Waals surface area contributed by atoms with Crippen LogP contribution in [0.1, 0.15) is 44.9 Å². The lowest BCUT2D eigenvalue weighted by Crippen LogP contribution is -2.43. The fraction of sp³-hybridized carbons (Fsp3) is 0.812. The zero-order valence-corrected chi connectivity index (χ0v) is 14.9. The van der Waals surface area contributed by atoms with E-state index in [0.717, 1.165) is 38.6 Å². The molecule has 0 spiro atoms. The van der Waals surface area contributed by atoms with Gasteiger partial charge in [0.2, 0.25) is 11.8 Å². The van der Waals surface area contributed by atoms with E-state index >= 15 is 0 Å². The van der Waals surface area contributed by atoms with E-state index in [2.05, 4.69) is 5.32 Å². The molecule has 1 atom stereocenters. The van der Waals surface area contributed by atoms with E-state index in [4.69, 9.17) is 5.11 Å². The lowest BCUT2D eigenvalue weighted by molar-refractivity contribution is -0.142. The van der Waals surface area contributed by atoms with Crippen LogP contribution in [0, 0.1) is 0 Å². The van der Waals surface area contributed by atoms with Crippen LogP contribution < -0.4 is 5.32 Å². The molecule has 24 heavy (non-hydrogen) atoms. The molecule has 8 heteroatoms. The van der Waals surface area contributed by atoms with Gasteiger partial charge in [0.25, 0.3) is 0 Å². The van der Waals surface area contributed by atoms with Gasteiger partial charge in [0.1, 0.15) is 6.04 Å². The lowest BCUT2D eigenvalue weighted by atomic mass is 10.2. The molecule has 2 rings (SSSR count). The number of halogens is 1. The first-order chi connectivity index (χ1) is 11.1. The van der Waals surface area contributed by atoms with Crippen LogP contribution in [0.3, 0.4) is 0 Å². The topological polar surface area (TPSA) is 89.9 Å². The van der Waals surface area contributed by atoms with Crippen molar-refractivity contribution in [2.75, 3.05) is 32.7 Å². The molecular formula is C16H28ClN3O4. The molecule has 0 saturated carbocycles. The van der Waals surface area contributed by atoms with Gasteiger partial charge in [-0.15, -0.1) is 12.4 Å². The molecule has 138 valence electrons. The standard InChI is InChI=1S/C16H27N3O4.ClH/c20-14(12-19-10-4-6-13(19)16(22)23)17-8-5-11-18-9-3-1-2-7-15(18)21;/h13H,1-12H2,(H,17,20)(H,22,23);1H. The van der Waals surface area contributed by atoms with Crippen molar-refractivity contribution in [3.8, 4) is 0 Å². The number of likely N-dealkylation sites (tertiary alicyclic amines) is 2. The summed E-state index contributed by atoms with van der Waals surface area (Å²) in [7, 11) is 0. The molecule has 2 heterocycles. The average molecular weight is 362 g/mol. The Bertz CT molecular complexity index is 447. The van der Waals surface area contributed by atoms with Gasteiger partial charge in [-0.3, -0.25) is 19.3 Å². The first-order valence-corrected chi connectivity index (χ1v) is 8.59. The second-order valence-electron chi connectivity index (χ2n) is 6.36. The van der Waals surface area contributed by atoms with Crippen LogP contribution in [0.2, 0.25) is 0 Å². The molecule has 2 amide bonds. The fourth-order valence-corrected chi connectivity index (χ4v) is 3.31. The van der Waals surface area contributed by atoms with Crippen LogP contribution in [-0.2, 0) is 14.4 Å². The number of aliphatic carboxylic acids is 1. The molecule has 2 saturated heterocycles. The van der Waals surface area contributed by atoms with E-state index in [1.807, 2.05) is 4.90 Å². The second-order valence-corrected chi connectivity index (χ2v) is 6.36. The maximum atomic E-state index is 11.9. The number of carbonyl (C=O) groups is 3. The quantitative estimate of drug-likeness (QED) is 0.656. The van der Waals surface area contributed by atoms with E-state index in [9.17, 15) is 14.4 Å². The summed E-state index contributed by atoms with van der Waals surface area (Å²) in [6.45, 7) is 2.82. The van der Waals surface area contributed by atoms with Gasteiger partial charge in [-0.2, -0.15) is 0 Å². The normalized spacial score (nSPS) is 21.9. The van der Waals surface area contributed by atoms with Crippen LogP contribution in [-0.4, -0.2) is 71.5 Å². The first kappa shape index (κ1) is 20.7. The third kappa shape index (κ3) is 6.28. The highest BCUT2D eigenvalue weighted by Gasteiger charge is 2.31. The molecule has 2 aliphatic heterocycles. The average Bonchev–Trinajstić information content (AvgIpc) is 2.87. The van der Waals surface area contributed by atoms with E-state index in [0.29, 0.717) is 32.5 Å².